The van der Waals surface area contributed by atoms with Gasteiger partial charge in [0.2, 0.25) is 10.0 Å². The molecular weight excluding hydrogens is 328 g/mol. The number of aliphatic hydroxyl groups is 1. The quantitative estimate of drug-likeness (QED) is 0.859. The summed E-state index contributed by atoms with van der Waals surface area (Å²) in [4.78, 5) is -0.325. The van der Waals surface area contributed by atoms with Gasteiger partial charge < -0.3 is 5.11 Å². The van der Waals surface area contributed by atoms with Gasteiger partial charge in [-0.2, -0.15) is 4.31 Å². The highest BCUT2D eigenvalue weighted by molar-refractivity contribution is 7.89. The maximum Gasteiger partial charge on any atom is 0.245 e. The molecule has 1 fully saturated rings. The normalized spacial score (nSPS) is 24.2. The molecule has 0 amide bonds. The van der Waals surface area contributed by atoms with Crippen LogP contribution in [0.4, 0.5) is 4.39 Å². The number of benzene rings is 1. The van der Waals surface area contributed by atoms with E-state index in [1.165, 1.54) is 10.4 Å². The fourth-order valence-electron chi connectivity index (χ4n) is 2.38. The van der Waals surface area contributed by atoms with Crippen LogP contribution in [-0.4, -0.2) is 37.0 Å². The second-order valence-electron chi connectivity index (χ2n) is 4.81. The number of aliphatic hydroxyl groups excluding tert-OH is 1. The molecule has 0 radical (unpaired) electrons. The van der Waals surface area contributed by atoms with Gasteiger partial charge in [-0.1, -0.05) is 30.1 Å². The van der Waals surface area contributed by atoms with Gasteiger partial charge in [0.05, 0.1) is 22.7 Å². The highest BCUT2D eigenvalue weighted by Crippen LogP contribution is 2.35. The molecule has 0 saturated carbocycles. The Morgan fingerprint density at radius 2 is 2.10 bits per heavy atom. The van der Waals surface area contributed by atoms with Gasteiger partial charge in [0.15, 0.2) is 5.82 Å². The van der Waals surface area contributed by atoms with Gasteiger partial charge in [-0.3, -0.25) is 0 Å². The Morgan fingerprint density at radius 1 is 1.45 bits per heavy atom. The molecule has 0 bridgehead atoms. The first kappa shape index (κ1) is 16.0. The maximum absolute atomic E-state index is 13.7. The van der Waals surface area contributed by atoms with E-state index in [1.54, 1.807) is 0 Å². The lowest BCUT2D eigenvalue weighted by Gasteiger charge is -2.25. The Balaban J connectivity index is 2.49. The summed E-state index contributed by atoms with van der Waals surface area (Å²) in [5.41, 5.74) is 0. The Kier molecular flexibility index (Phi) is 4.61. The maximum atomic E-state index is 13.7. The predicted molar refractivity (Wildman–Crippen MR) is 75.0 cm³/mol. The molecule has 20 heavy (non-hydrogen) atoms. The van der Waals surface area contributed by atoms with Gasteiger partial charge in [-0.15, -0.1) is 0 Å². The van der Waals surface area contributed by atoms with Crippen LogP contribution in [0.2, 0.25) is 10.0 Å². The molecule has 112 valence electrons. The van der Waals surface area contributed by atoms with Crippen LogP contribution in [0.25, 0.3) is 0 Å². The van der Waals surface area contributed by atoms with Crippen LogP contribution in [0, 0.1) is 11.7 Å². The lowest BCUT2D eigenvalue weighted by Crippen LogP contribution is -2.39. The fourth-order valence-corrected chi connectivity index (χ4v) is 4.82. The van der Waals surface area contributed by atoms with Crippen LogP contribution in [0.5, 0.6) is 0 Å². The minimum atomic E-state index is -3.96. The molecule has 2 rings (SSSR count). The predicted octanol–water partition coefficient (Wildman–Crippen LogP) is 2.52. The standard InChI is InChI=1S/C12H14Cl2FNO3S/c1-7-4-5-16(9(7)6-17)20(18,19)10-3-2-8(13)12(15)11(10)14/h2-3,7,9,17H,4-6H2,1H3. The van der Waals surface area contributed by atoms with Crippen molar-refractivity contribution >= 4 is 33.2 Å². The summed E-state index contributed by atoms with van der Waals surface area (Å²) in [6, 6.07) is 1.82. The molecule has 1 heterocycles. The Bertz CT molecular complexity index is 623. The number of halogens is 3. The highest BCUT2D eigenvalue weighted by Gasteiger charge is 2.40. The van der Waals surface area contributed by atoms with Crippen LogP contribution in [-0.2, 0) is 10.0 Å². The van der Waals surface area contributed by atoms with Crippen molar-refractivity contribution < 1.29 is 17.9 Å². The lowest BCUT2D eigenvalue weighted by molar-refractivity contribution is 0.191. The van der Waals surface area contributed by atoms with Crippen LogP contribution in [0.1, 0.15) is 13.3 Å². The second-order valence-corrected chi connectivity index (χ2v) is 7.45. The first-order valence-electron chi connectivity index (χ1n) is 6.07. The van der Waals surface area contributed by atoms with E-state index in [1.807, 2.05) is 6.92 Å². The molecule has 1 aromatic rings. The topological polar surface area (TPSA) is 57.6 Å². The summed E-state index contributed by atoms with van der Waals surface area (Å²) in [5, 5.41) is 8.60. The average Bonchev–Trinajstić information content (AvgIpc) is 2.77. The number of rotatable bonds is 3. The summed E-state index contributed by atoms with van der Waals surface area (Å²) in [6.07, 6.45) is 0.637. The van der Waals surface area contributed by atoms with Crippen molar-refractivity contribution in [2.75, 3.05) is 13.2 Å². The van der Waals surface area contributed by atoms with E-state index in [2.05, 4.69) is 0 Å². The summed E-state index contributed by atoms with van der Waals surface area (Å²) < 4.78 is 39.9. The summed E-state index contributed by atoms with van der Waals surface area (Å²) >= 11 is 11.3. The molecule has 0 aliphatic carbocycles. The third kappa shape index (κ3) is 2.55. The van der Waals surface area contributed by atoms with Crippen LogP contribution < -0.4 is 0 Å². The number of hydrogen-bond donors (Lipinski definition) is 1. The van der Waals surface area contributed by atoms with Gasteiger partial charge in [-0.25, -0.2) is 12.8 Å². The van der Waals surface area contributed by atoms with Crippen molar-refractivity contribution in [1.82, 2.24) is 4.31 Å². The smallest absolute Gasteiger partial charge is 0.245 e. The molecule has 1 N–H and O–H groups in total. The monoisotopic (exact) mass is 341 g/mol. The SMILES string of the molecule is CC1CCN(S(=O)(=O)c2ccc(Cl)c(F)c2Cl)C1CO. The Morgan fingerprint density at radius 3 is 2.70 bits per heavy atom. The molecule has 0 spiro atoms. The van der Waals surface area contributed by atoms with E-state index in [9.17, 15) is 17.9 Å². The lowest BCUT2D eigenvalue weighted by atomic mass is 10.0. The summed E-state index contributed by atoms with van der Waals surface area (Å²) in [7, 11) is -3.96. The van der Waals surface area contributed by atoms with Crippen LogP contribution >= 0.6 is 23.2 Å². The molecule has 8 heteroatoms. The van der Waals surface area contributed by atoms with Gasteiger partial charge in [0.1, 0.15) is 4.90 Å². The third-order valence-electron chi connectivity index (χ3n) is 3.61. The second kappa shape index (κ2) is 5.77. The Hall–Kier alpha value is -0.400. The fraction of sp³-hybridized carbons (Fsp3) is 0.500. The number of sulfonamides is 1. The Labute approximate surface area is 127 Å². The molecule has 2 atom stereocenters. The van der Waals surface area contributed by atoms with Gasteiger partial charge in [-0.05, 0) is 24.5 Å². The third-order valence-corrected chi connectivity index (χ3v) is 6.35. The summed E-state index contributed by atoms with van der Waals surface area (Å²) in [5.74, 6) is -0.923. The van der Waals surface area contributed by atoms with E-state index >= 15 is 0 Å². The van der Waals surface area contributed by atoms with Crippen molar-refractivity contribution in [2.24, 2.45) is 5.92 Å². The van der Waals surface area contributed by atoms with E-state index in [4.69, 9.17) is 23.2 Å². The van der Waals surface area contributed by atoms with Crippen molar-refractivity contribution in [3.8, 4) is 0 Å². The average molecular weight is 342 g/mol. The summed E-state index contributed by atoms with van der Waals surface area (Å²) in [6.45, 7) is 1.85. The molecule has 4 nitrogen and oxygen atoms in total. The zero-order valence-corrected chi connectivity index (χ0v) is 13.0. The van der Waals surface area contributed by atoms with E-state index in [0.717, 1.165) is 6.07 Å². The molecule has 0 aromatic heterocycles. The molecule has 1 aliphatic rings. The first-order valence-corrected chi connectivity index (χ1v) is 8.26. The van der Waals surface area contributed by atoms with Crippen molar-refractivity contribution in [3.05, 3.63) is 28.0 Å². The van der Waals surface area contributed by atoms with E-state index in [0.29, 0.717) is 6.42 Å². The van der Waals surface area contributed by atoms with Crippen LogP contribution in [0.3, 0.4) is 0 Å². The minimum absolute atomic E-state index is 0.0331. The van der Waals surface area contributed by atoms with Gasteiger partial charge >= 0.3 is 0 Å². The highest BCUT2D eigenvalue weighted by atomic mass is 35.5. The van der Waals surface area contributed by atoms with Gasteiger partial charge in [0, 0.05) is 6.54 Å². The zero-order chi connectivity index (χ0) is 15.1. The first-order chi connectivity index (χ1) is 9.30. The number of hydrogen-bond acceptors (Lipinski definition) is 3. The molecule has 1 saturated heterocycles. The molecule has 1 aromatic carbocycles. The zero-order valence-electron chi connectivity index (χ0n) is 10.7. The largest absolute Gasteiger partial charge is 0.395 e. The van der Waals surface area contributed by atoms with E-state index < -0.39 is 26.9 Å². The van der Waals surface area contributed by atoms with Crippen LogP contribution in [0.15, 0.2) is 17.0 Å². The van der Waals surface area contributed by atoms with Gasteiger partial charge in [0.25, 0.3) is 0 Å². The molecular formula is C12H14Cl2FNO3S. The number of nitrogens with zero attached hydrogens (tertiary/aromatic N) is 1. The van der Waals surface area contributed by atoms with E-state index in [-0.39, 0.29) is 29.0 Å². The molecule has 1 aliphatic heterocycles. The van der Waals surface area contributed by atoms with Crippen molar-refractivity contribution in [2.45, 2.75) is 24.3 Å². The van der Waals surface area contributed by atoms with Crippen molar-refractivity contribution in [3.63, 3.8) is 0 Å². The van der Waals surface area contributed by atoms with Crippen molar-refractivity contribution in [1.29, 1.82) is 0 Å². The molecule has 2 unspecified atom stereocenters. The minimum Gasteiger partial charge on any atom is -0.395 e.